The summed E-state index contributed by atoms with van der Waals surface area (Å²) < 4.78 is 15.0. The van der Waals surface area contributed by atoms with Gasteiger partial charge in [-0.1, -0.05) is 67.6 Å². The van der Waals surface area contributed by atoms with E-state index in [2.05, 4.69) is 19.4 Å². The molecule has 0 amide bonds. The fraction of sp³-hybridized carbons (Fsp3) is 0.120. The number of allylic oxidation sites excluding steroid dienone is 2. The van der Waals surface area contributed by atoms with E-state index in [1.807, 2.05) is 99.7 Å². The van der Waals surface area contributed by atoms with Gasteiger partial charge in [0.05, 0.1) is 0 Å². The van der Waals surface area contributed by atoms with Crippen LogP contribution in [0, 0.1) is 51.5 Å². The van der Waals surface area contributed by atoms with E-state index in [0.717, 1.165) is 16.7 Å². The first-order valence-electron chi connectivity index (χ1n) is 8.56. The molecule has 0 saturated heterocycles. The summed E-state index contributed by atoms with van der Waals surface area (Å²) in [7, 11) is 0. The Labute approximate surface area is 184 Å². The Hall–Kier alpha value is -2.15. The molecule has 4 heteroatoms. The van der Waals surface area contributed by atoms with Gasteiger partial charge in [-0.3, -0.25) is 6.08 Å². The van der Waals surface area contributed by atoms with Gasteiger partial charge in [0, 0.05) is 11.2 Å². The summed E-state index contributed by atoms with van der Waals surface area (Å²) in [5, 5.41) is 0. The molecule has 4 rings (SSSR count). The van der Waals surface area contributed by atoms with Crippen LogP contribution in [0.2, 0.25) is 0 Å². The van der Waals surface area contributed by atoms with Crippen LogP contribution in [0.5, 0.6) is 0 Å². The summed E-state index contributed by atoms with van der Waals surface area (Å²) in [5.41, 5.74) is 2.27. The standard InChI is InChI=1S/C18H15O.C5H5.2CO.Fe/c1-14-12-13-18(17(14)19,15-8-4-2-5-9-15)16-10-6-3-7-11-16;1-2-4-5-3-1;2*1-2;/h2-11H,13H2,1H3;1-5H;;;/q-1;;;;+2. The van der Waals surface area contributed by atoms with Crippen LogP contribution in [0.4, 0.5) is 0 Å². The fourth-order valence-corrected chi connectivity index (χ4v) is 3.14. The largest absolute Gasteiger partial charge is 2.00 e. The molecule has 0 atom stereocenters. The number of benzene rings is 2. The van der Waals surface area contributed by atoms with Crippen LogP contribution in [-0.4, -0.2) is 5.78 Å². The van der Waals surface area contributed by atoms with Gasteiger partial charge >= 0.3 is 39.7 Å². The predicted molar refractivity (Wildman–Crippen MR) is 105 cm³/mol. The SMILES string of the molecule is CC1=[C-]CC(c2ccccc2)(c2ccccc2)C1=O.[C-]#[O+].[C-]#[O+].[CH]1[CH][CH][CH][CH]1.[Fe+2]. The van der Waals surface area contributed by atoms with Gasteiger partial charge in [0.1, 0.15) is 0 Å². The summed E-state index contributed by atoms with van der Waals surface area (Å²) >= 11 is 0. The quantitative estimate of drug-likeness (QED) is 0.394. The van der Waals surface area contributed by atoms with Crippen molar-refractivity contribution in [3.63, 3.8) is 0 Å². The Bertz CT molecular complexity index is 735. The van der Waals surface area contributed by atoms with E-state index < -0.39 is 5.41 Å². The van der Waals surface area contributed by atoms with Gasteiger partial charge < -0.3 is 4.79 Å². The molecule has 3 nitrogen and oxygen atoms in total. The van der Waals surface area contributed by atoms with E-state index in [-0.39, 0.29) is 22.9 Å². The smallest absolute Gasteiger partial charge is 0.0312 e. The molecule has 29 heavy (non-hydrogen) atoms. The molecule has 2 aromatic rings. The molecule has 2 aromatic carbocycles. The van der Waals surface area contributed by atoms with Gasteiger partial charge in [-0.2, -0.15) is 5.57 Å². The van der Waals surface area contributed by atoms with Gasteiger partial charge in [-0.25, -0.2) is 0 Å². The number of rotatable bonds is 2. The van der Waals surface area contributed by atoms with Gasteiger partial charge in [0.15, 0.2) is 0 Å². The Balaban J connectivity index is 0.000000667. The second-order valence-electron chi connectivity index (χ2n) is 5.91. The van der Waals surface area contributed by atoms with E-state index in [1.165, 1.54) is 0 Å². The van der Waals surface area contributed by atoms with E-state index in [4.69, 9.17) is 9.30 Å². The van der Waals surface area contributed by atoms with Crippen molar-refractivity contribution in [1.82, 2.24) is 0 Å². The second-order valence-corrected chi connectivity index (χ2v) is 5.91. The monoisotopic (exact) mass is 424 g/mol. The molecule has 0 bridgehead atoms. The molecule has 0 aromatic heterocycles. The maximum atomic E-state index is 12.7. The van der Waals surface area contributed by atoms with Gasteiger partial charge in [-0.05, 0) is 43.2 Å². The summed E-state index contributed by atoms with van der Waals surface area (Å²) in [5.74, 6) is 0.171. The number of ketones is 1. The maximum Gasteiger partial charge on any atom is 2.00 e. The second kappa shape index (κ2) is 14.8. The molecular formula is C25H20FeO3+. The first-order chi connectivity index (χ1) is 13.7. The number of carbonyl (C=O) groups is 1. The normalized spacial score (nSPS) is 15.6. The van der Waals surface area contributed by atoms with Crippen molar-refractivity contribution >= 4 is 5.78 Å². The van der Waals surface area contributed by atoms with Crippen LogP contribution in [-0.2, 0) is 36.6 Å². The van der Waals surface area contributed by atoms with Crippen molar-refractivity contribution in [3.05, 3.63) is 129 Å². The van der Waals surface area contributed by atoms with Crippen LogP contribution in [0.15, 0.2) is 66.2 Å². The zero-order valence-electron chi connectivity index (χ0n) is 15.9. The van der Waals surface area contributed by atoms with Crippen molar-refractivity contribution in [3.8, 4) is 0 Å². The Morgan fingerprint density at radius 1 is 0.759 bits per heavy atom. The van der Waals surface area contributed by atoms with Crippen LogP contribution in [0.25, 0.3) is 0 Å². The molecule has 1 fully saturated rings. The third-order valence-electron chi connectivity index (χ3n) is 4.44. The fourth-order valence-electron chi connectivity index (χ4n) is 3.14. The zero-order valence-corrected chi connectivity index (χ0v) is 17.0. The molecule has 2 aliphatic carbocycles. The first kappa shape index (κ1) is 26.8. The number of hydrogen-bond acceptors (Lipinski definition) is 1. The molecule has 2 aliphatic rings. The molecule has 145 valence electrons. The van der Waals surface area contributed by atoms with Crippen molar-refractivity contribution in [1.29, 1.82) is 0 Å². The van der Waals surface area contributed by atoms with Gasteiger partial charge in [0.25, 0.3) is 0 Å². The van der Waals surface area contributed by atoms with Gasteiger partial charge in [0.2, 0.25) is 0 Å². The first-order valence-corrected chi connectivity index (χ1v) is 8.56. The van der Waals surface area contributed by atoms with E-state index in [1.54, 1.807) is 0 Å². The third-order valence-corrected chi connectivity index (χ3v) is 4.44. The minimum atomic E-state index is -0.577. The van der Waals surface area contributed by atoms with E-state index >= 15 is 0 Å². The topological polar surface area (TPSA) is 56.9 Å². The molecule has 0 heterocycles. The number of Topliss-reactive ketones (excluding diaryl/α,β-unsaturated/α-hetero) is 1. The van der Waals surface area contributed by atoms with Crippen molar-refractivity contribution in [2.24, 2.45) is 0 Å². The van der Waals surface area contributed by atoms with Crippen LogP contribution in [0.3, 0.4) is 0 Å². The molecule has 0 aliphatic heterocycles. The van der Waals surface area contributed by atoms with Crippen molar-refractivity contribution < 1.29 is 31.2 Å². The van der Waals surface area contributed by atoms with E-state index in [9.17, 15) is 4.79 Å². The van der Waals surface area contributed by atoms with Crippen LogP contribution < -0.4 is 0 Å². The number of carbonyl (C=O) groups excluding carboxylic acids is 1. The zero-order chi connectivity index (χ0) is 20.8. The van der Waals surface area contributed by atoms with Gasteiger partial charge in [-0.15, -0.1) is 6.42 Å². The van der Waals surface area contributed by atoms with Crippen LogP contribution in [0.1, 0.15) is 24.5 Å². The summed E-state index contributed by atoms with van der Waals surface area (Å²) in [4.78, 5) is 12.7. The summed E-state index contributed by atoms with van der Waals surface area (Å²) in [6.45, 7) is 10.9. The minimum absolute atomic E-state index is 0. The summed E-state index contributed by atoms with van der Waals surface area (Å²) in [6.07, 6.45) is 13.9. The molecule has 0 spiro atoms. The van der Waals surface area contributed by atoms with E-state index in [0.29, 0.717) is 6.42 Å². The number of hydrogen-bond donors (Lipinski definition) is 0. The molecule has 0 N–H and O–H groups in total. The average Bonchev–Trinajstić information content (AvgIpc) is 3.46. The Kier molecular flexibility index (Phi) is 13.7. The Morgan fingerprint density at radius 3 is 1.38 bits per heavy atom. The molecule has 5 radical (unpaired) electrons. The summed E-state index contributed by atoms with van der Waals surface area (Å²) in [6, 6.07) is 20.0. The van der Waals surface area contributed by atoms with Crippen molar-refractivity contribution in [2.75, 3.05) is 0 Å². The van der Waals surface area contributed by atoms with Crippen molar-refractivity contribution in [2.45, 2.75) is 18.8 Å². The molecule has 1 saturated carbocycles. The average molecular weight is 424 g/mol. The predicted octanol–water partition coefficient (Wildman–Crippen LogP) is 4.64. The maximum absolute atomic E-state index is 12.7. The minimum Gasteiger partial charge on any atom is -0.0312 e. The molecule has 0 unspecified atom stereocenters. The molecular weight excluding hydrogens is 404 g/mol. The van der Waals surface area contributed by atoms with Crippen LogP contribution >= 0.6 is 0 Å². The Morgan fingerprint density at radius 2 is 1.10 bits per heavy atom. The third kappa shape index (κ3) is 6.70.